The first-order valence-electron chi connectivity index (χ1n) is 17.2. The van der Waals surface area contributed by atoms with E-state index in [1.165, 1.54) is 5.57 Å². The predicted molar refractivity (Wildman–Crippen MR) is 159 cm³/mol. The number of hydrogen-bond acceptors (Lipinski definition) is 9. The third-order valence-electron chi connectivity index (χ3n) is 15.2. The zero-order valence-corrected chi connectivity index (χ0v) is 27.5. The molecule has 16 atom stereocenters. The third kappa shape index (κ3) is 3.33. The Balaban J connectivity index is 1.13. The van der Waals surface area contributed by atoms with Gasteiger partial charge in [-0.1, -0.05) is 46.3 Å². The first kappa shape index (κ1) is 30.7. The lowest BCUT2D eigenvalue weighted by atomic mass is 9.44. The minimum atomic E-state index is -1.30. The maximum atomic E-state index is 12.6. The van der Waals surface area contributed by atoms with Crippen molar-refractivity contribution in [2.24, 2.45) is 44.8 Å². The zero-order chi connectivity index (χ0) is 31.6. The van der Waals surface area contributed by atoms with Crippen LogP contribution in [0.25, 0.3) is 0 Å². The third-order valence-corrected chi connectivity index (χ3v) is 15.2. The van der Waals surface area contributed by atoms with Gasteiger partial charge in [0.15, 0.2) is 12.1 Å². The lowest BCUT2D eigenvalue weighted by Crippen LogP contribution is -2.58. The van der Waals surface area contributed by atoms with Crippen LogP contribution in [0.1, 0.15) is 93.4 Å². The van der Waals surface area contributed by atoms with Crippen LogP contribution in [0.2, 0.25) is 0 Å². The Morgan fingerprint density at radius 2 is 1.70 bits per heavy atom. The molecule has 9 nitrogen and oxygen atoms in total. The van der Waals surface area contributed by atoms with Gasteiger partial charge in [-0.25, -0.2) is 0 Å². The van der Waals surface area contributed by atoms with Gasteiger partial charge in [-0.2, -0.15) is 0 Å². The molecule has 0 amide bonds. The molecule has 1 unspecified atom stereocenters. The van der Waals surface area contributed by atoms with Crippen LogP contribution in [0.4, 0.5) is 0 Å². The Bertz CT molecular complexity index is 1260. The predicted octanol–water partition coefficient (Wildman–Crippen LogP) is 3.04. The highest BCUT2D eigenvalue weighted by Gasteiger charge is 2.86. The van der Waals surface area contributed by atoms with E-state index >= 15 is 0 Å². The maximum absolute atomic E-state index is 12.6. The van der Waals surface area contributed by atoms with Gasteiger partial charge in [0.2, 0.25) is 0 Å². The summed E-state index contributed by atoms with van der Waals surface area (Å²) in [5.41, 5.74) is -0.456. The second kappa shape index (κ2) is 8.88. The summed E-state index contributed by atoms with van der Waals surface area (Å²) < 4.78 is 25.7. The number of fused-ring (bicyclic) bond motifs is 4. The Morgan fingerprint density at radius 1 is 0.977 bits per heavy atom. The molecule has 248 valence electrons. The molecule has 4 saturated carbocycles. The second-order valence-electron chi connectivity index (χ2n) is 17.8. The average molecular weight is 619 g/mol. The molecule has 44 heavy (non-hydrogen) atoms. The quantitative estimate of drug-likeness (QED) is 0.302. The number of rotatable bonds is 3. The Labute approximate surface area is 261 Å². The molecular weight excluding hydrogens is 564 g/mol. The summed E-state index contributed by atoms with van der Waals surface area (Å²) in [7, 11) is 0. The Hall–Kier alpha value is -0.620. The lowest BCUT2D eigenvalue weighted by Gasteiger charge is -2.60. The van der Waals surface area contributed by atoms with Crippen LogP contribution >= 0.6 is 0 Å². The number of hydrogen-bond donors (Lipinski definition) is 5. The monoisotopic (exact) mass is 618 g/mol. The minimum Gasteiger partial charge on any atom is -0.388 e. The van der Waals surface area contributed by atoms with Crippen molar-refractivity contribution < 1.29 is 44.5 Å². The standard InChI is InChI=1S/C35H54O9/c1-17-14-19-26(30(4,5)40)44-35(43-19)25(17)31(6)12-13-34-16-33(34)11-10-22(42-27-24(38)23(37)18(36)15-41-27)29(2,3)20(33)8-9-21(34)32(31,7)28(35)39/h9,17-20,22-28,36-40H,8,10-16H2,1-7H3/t17-,18-,19-,20?,22+,23+,24-,25-,26+,27+,28-,31-,32-,33-,34+,35+/m1/s1. The molecule has 3 spiro atoms. The largest absolute Gasteiger partial charge is 0.388 e. The smallest absolute Gasteiger partial charge is 0.199 e. The SMILES string of the molecule is C[C@@H]1C[C@H]2O[C@]3(O[C@@H]2C(C)(C)O)[C@H]1[C@@]1(C)CC[C@@]24C[C@@]25CC[C@H](O[C@@H]2OC[C@@H](O)[C@H](O)[C@H]2O)C(C)(C)C5CC=C4[C@]1(C)[C@H]3O. The highest BCUT2D eigenvalue weighted by atomic mass is 16.8. The summed E-state index contributed by atoms with van der Waals surface area (Å²) in [6, 6.07) is 0. The minimum absolute atomic E-state index is 0.0234. The Morgan fingerprint density at radius 3 is 2.41 bits per heavy atom. The van der Waals surface area contributed by atoms with E-state index in [-0.39, 0.29) is 46.4 Å². The summed E-state index contributed by atoms with van der Waals surface area (Å²) in [5, 5.41) is 54.4. The van der Waals surface area contributed by atoms with Crippen molar-refractivity contribution in [1.29, 1.82) is 0 Å². The molecule has 5 aliphatic carbocycles. The van der Waals surface area contributed by atoms with Crippen molar-refractivity contribution in [3.8, 4) is 0 Å². The van der Waals surface area contributed by atoms with Crippen LogP contribution in [0, 0.1) is 44.8 Å². The summed E-state index contributed by atoms with van der Waals surface area (Å²) >= 11 is 0. The first-order chi connectivity index (χ1) is 20.4. The first-order valence-corrected chi connectivity index (χ1v) is 17.2. The molecule has 0 aromatic heterocycles. The van der Waals surface area contributed by atoms with Gasteiger partial charge in [0.05, 0.1) is 24.4 Å². The molecule has 7 fully saturated rings. The highest BCUT2D eigenvalue weighted by molar-refractivity contribution is 5.48. The molecule has 0 aromatic rings. The topological polar surface area (TPSA) is 138 Å². The fourth-order valence-electron chi connectivity index (χ4n) is 13.1. The number of allylic oxidation sites excluding steroid dienone is 1. The molecule has 0 radical (unpaired) electrons. The summed E-state index contributed by atoms with van der Waals surface area (Å²) in [6.45, 7) is 15.0. The molecule has 3 heterocycles. The molecule has 5 N–H and O–H groups in total. The average Bonchev–Trinajstić information content (AvgIpc) is 3.45. The van der Waals surface area contributed by atoms with Crippen molar-refractivity contribution in [2.45, 2.75) is 154 Å². The van der Waals surface area contributed by atoms with E-state index in [0.717, 1.165) is 44.9 Å². The molecular formula is C35H54O9. The van der Waals surface area contributed by atoms with Crippen molar-refractivity contribution in [3.63, 3.8) is 0 Å². The van der Waals surface area contributed by atoms with Gasteiger partial charge in [0.25, 0.3) is 0 Å². The van der Waals surface area contributed by atoms with E-state index in [4.69, 9.17) is 18.9 Å². The number of aliphatic hydroxyl groups is 5. The van der Waals surface area contributed by atoms with Crippen LogP contribution < -0.4 is 0 Å². The van der Waals surface area contributed by atoms with Crippen molar-refractivity contribution >= 4 is 0 Å². The van der Waals surface area contributed by atoms with Crippen LogP contribution in [-0.4, -0.2) is 92.5 Å². The molecule has 3 saturated heterocycles. The van der Waals surface area contributed by atoms with Crippen molar-refractivity contribution in [2.75, 3.05) is 6.61 Å². The normalized spacial score (nSPS) is 60.4. The van der Waals surface area contributed by atoms with Gasteiger partial charge in [0.1, 0.15) is 30.5 Å². The van der Waals surface area contributed by atoms with Crippen LogP contribution in [0.3, 0.4) is 0 Å². The van der Waals surface area contributed by atoms with E-state index in [9.17, 15) is 25.5 Å². The fraction of sp³-hybridized carbons (Fsp3) is 0.943. The summed E-state index contributed by atoms with van der Waals surface area (Å²) in [4.78, 5) is 0. The highest BCUT2D eigenvalue weighted by Crippen LogP contribution is 2.89. The second-order valence-corrected chi connectivity index (χ2v) is 17.8. The van der Waals surface area contributed by atoms with Crippen molar-refractivity contribution in [1.82, 2.24) is 0 Å². The molecule has 8 rings (SSSR count). The maximum Gasteiger partial charge on any atom is 0.199 e. The molecule has 2 bridgehead atoms. The number of aliphatic hydroxyl groups excluding tert-OH is 4. The Kier molecular flexibility index (Phi) is 6.20. The van der Waals surface area contributed by atoms with Gasteiger partial charge in [-0.3, -0.25) is 0 Å². The van der Waals surface area contributed by atoms with E-state index in [1.807, 2.05) is 0 Å². The van der Waals surface area contributed by atoms with Crippen LogP contribution in [-0.2, 0) is 18.9 Å². The molecule has 0 aromatic carbocycles. The van der Waals surface area contributed by atoms with Crippen LogP contribution in [0.5, 0.6) is 0 Å². The van der Waals surface area contributed by atoms with Gasteiger partial charge in [-0.05, 0) is 92.3 Å². The summed E-state index contributed by atoms with van der Waals surface area (Å²) in [5.74, 6) is -0.431. The van der Waals surface area contributed by atoms with Gasteiger partial charge >= 0.3 is 0 Å². The van der Waals surface area contributed by atoms with Gasteiger partial charge < -0.3 is 44.5 Å². The van der Waals surface area contributed by atoms with E-state index < -0.39 is 53.6 Å². The van der Waals surface area contributed by atoms with Gasteiger partial charge in [-0.15, -0.1) is 0 Å². The fourth-order valence-corrected chi connectivity index (χ4v) is 13.1. The lowest BCUT2D eigenvalue weighted by molar-refractivity contribution is -0.300. The van der Waals surface area contributed by atoms with Crippen molar-refractivity contribution in [3.05, 3.63) is 11.6 Å². The van der Waals surface area contributed by atoms with Crippen LogP contribution in [0.15, 0.2) is 11.6 Å². The van der Waals surface area contributed by atoms with Gasteiger partial charge in [0, 0.05) is 11.3 Å². The summed E-state index contributed by atoms with van der Waals surface area (Å²) in [6.07, 6.45) is 2.81. The number of ether oxygens (including phenoxy) is 4. The molecule has 3 aliphatic heterocycles. The zero-order valence-electron chi connectivity index (χ0n) is 27.5. The van der Waals surface area contributed by atoms with E-state index in [0.29, 0.717) is 11.8 Å². The van der Waals surface area contributed by atoms with E-state index in [1.54, 1.807) is 13.8 Å². The molecule has 9 heteroatoms. The molecule has 8 aliphatic rings. The van der Waals surface area contributed by atoms with E-state index in [2.05, 4.69) is 40.7 Å².